The van der Waals surface area contributed by atoms with E-state index in [2.05, 4.69) is 53.3 Å². The van der Waals surface area contributed by atoms with Gasteiger partial charge in [-0.3, -0.25) is 4.98 Å². The minimum Gasteiger partial charge on any atom is -0.383 e. The van der Waals surface area contributed by atoms with Gasteiger partial charge in [0.1, 0.15) is 0 Å². The number of benzene rings is 1. The average Bonchev–Trinajstić information content (AvgIpc) is 2.48. The van der Waals surface area contributed by atoms with Crippen molar-refractivity contribution < 1.29 is 0 Å². The summed E-state index contributed by atoms with van der Waals surface area (Å²) < 4.78 is 0. The second-order valence-corrected chi connectivity index (χ2v) is 5.14. The summed E-state index contributed by atoms with van der Waals surface area (Å²) in [6.07, 6.45) is 4.32. The highest BCUT2D eigenvalue weighted by molar-refractivity contribution is 5.90. The van der Waals surface area contributed by atoms with Gasteiger partial charge in [-0.25, -0.2) is 0 Å². The lowest BCUT2D eigenvalue weighted by atomic mass is 10.2. The maximum absolute atomic E-state index is 4.39. The van der Waals surface area contributed by atoms with Crippen LogP contribution in [0.2, 0.25) is 0 Å². The van der Waals surface area contributed by atoms with Crippen molar-refractivity contribution in [3.05, 3.63) is 36.5 Å². The van der Waals surface area contributed by atoms with Crippen LogP contribution in [0.4, 0.5) is 5.69 Å². The molecule has 1 aromatic carbocycles. The predicted molar refractivity (Wildman–Crippen MR) is 87.3 cm³/mol. The summed E-state index contributed by atoms with van der Waals surface area (Å²) in [4.78, 5) is 6.92. The number of aromatic nitrogens is 1. The van der Waals surface area contributed by atoms with Crippen molar-refractivity contribution in [2.45, 2.75) is 26.7 Å². The van der Waals surface area contributed by atoms with Gasteiger partial charge in [0.05, 0.1) is 5.52 Å². The molecule has 0 bridgehead atoms. The molecular formula is C17H25N3. The molecule has 0 fully saturated rings. The van der Waals surface area contributed by atoms with E-state index in [0.717, 1.165) is 18.6 Å². The van der Waals surface area contributed by atoms with Gasteiger partial charge in [0, 0.05) is 30.4 Å². The molecule has 3 heteroatoms. The third-order valence-electron chi connectivity index (χ3n) is 3.47. The predicted octanol–water partition coefficient (Wildman–Crippen LogP) is 3.77. The topological polar surface area (TPSA) is 28.2 Å². The SMILES string of the molecule is CCCN(CCC)CCNc1ccnc2ccccc12. The summed E-state index contributed by atoms with van der Waals surface area (Å²) in [5.41, 5.74) is 2.24. The zero-order valence-corrected chi connectivity index (χ0v) is 12.6. The van der Waals surface area contributed by atoms with Crippen molar-refractivity contribution in [2.24, 2.45) is 0 Å². The first-order valence-corrected chi connectivity index (χ1v) is 7.65. The van der Waals surface area contributed by atoms with Crippen molar-refractivity contribution in [1.29, 1.82) is 0 Å². The van der Waals surface area contributed by atoms with Crippen molar-refractivity contribution >= 4 is 16.6 Å². The minimum absolute atomic E-state index is 0.980. The Labute approximate surface area is 122 Å². The summed E-state index contributed by atoms with van der Waals surface area (Å²) in [7, 11) is 0. The minimum atomic E-state index is 0.980. The Kier molecular flexibility index (Phi) is 5.81. The van der Waals surface area contributed by atoms with E-state index in [-0.39, 0.29) is 0 Å². The number of pyridine rings is 1. The molecular weight excluding hydrogens is 246 g/mol. The summed E-state index contributed by atoms with van der Waals surface area (Å²) in [5, 5.41) is 4.75. The first kappa shape index (κ1) is 14.8. The van der Waals surface area contributed by atoms with Crippen molar-refractivity contribution in [2.75, 3.05) is 31.5 Å². The van der Waals surface area contributed by atoms with Gasteiger partial charge in [-0.05, 0) is 38.1 Å². The fraction of sp³-hybridized carbons (Fsp3) is 0.471. The van der Waals surface area contributed by atoms with Gasteiger partial charge >= 0.3 is 0 Å². The lowest BCUT2D eigenvalue weighted by molar-refractivity contribution is 0.285. The van der Waals surface area contributed by atoms with Gasteiger partial charge in [0.2, 0.25) is 0 Å². The van der Waals surface area contributed by atoms with Crippen LogP contribution in [0.25, 0.3) is 10.9 Å². The third kappa shape index (κ3) is 3.94. The quantitative estimate of drug-likeness (QED) is 0.792. The fourth-order valence-electron chi connectivity index (χ4n) is 2.57. The van der Waals surface area contributed by atoms with Crippen LogP contribution in [0.5, 0.6) is 0 Å². The normalized spacial score (nSPS) is 11.2. The van der Waals surface area contributed by atoms with E-state index in [4.69, 9.17) is 0 Å². The first-order chi connectivity index (χ1) is 9.85. The summed E-state index contributed by atoms with van der Waals surface area (Å²) in [6.45, 7) is 8.94. The van der Waals surface area contributed by atoms with Crippen LogP contribution < -0.4 is 5.32 Å². The Balaban J connectivity index is 1.95. The highest BCUT2D eigenvalue weighted by Gasteiger charge is 2.03. The first-order valence-electron chi connectivity index (χ1n) is 7.65. The number of nitrogens with zero attached hydrogens (tertiary/aromatic N) is 2. The van der Waals surface area contributed by atoms with Crippen molar-refractivity contribution in [1.82, 2.24) is 9.88 Å². The van der Waals surface area contributed by atoms with E-state index >= 15 is 0 Å². The van der Waals surface area contributed by atoms with E-state index in [1.54, 1.807) is 0 Å². The third-order valence-corrected chi connectivity index (χ3v) is 3.47. The molecule has 0 radical (unpaired) electrons. The van der Waals surface area contributed by atoms with Gasteiger partial charge in [0.15, 0.2) is 0 Å². The molecule has 1 aromatic heterocycles. The van der Waals surface area contributed by atoms with Crippen LogP contribution in [0.3, 0.4) is 0 Å². The Morgan fingerprint density at radius 3 is 2.50 bits per heavy atom. The van der Waals surface area contributed by atoms with Gasteiger partial charge in [0.25, 0.3) is 0 Å². The Hall–Kier alpha value is -1.61. The van der Waals surface area contributed by atoms with Crippen LogP contribution in [0.15, 0.2) is 36.5 Å². The molecule has 2 rings (SSSR count). The standard InChI is InChI=1S/C17H25N3/c1-3-12-20(13-4-2)14-11-19-17-9-10-18-16-8-6-5-7-15(16)17/h5-10H,3-4,11-14H2,1-2H3,(H,18,19). The second-order valence-electron chi connectivity index (χ2n) is 5.14. The van der Waals surface area contributed by atoms with Gasteiger partial charge in [-0.1, -0.05) is 32.0 Å². The fourth-order valence-corrected chi connectivity index (χ4v) is 2.57. The highest BCUT2D eigenvalue weighted by atomic mass is 15.1. The lowest BCUT2D eigenvalue weighted by Gasteiger charge is -2.21. The van der Waals surface area contributed by atoms with Crippen molar-refractivity contribution in [3.63, 3.8) is 0 Å². The number of fused-ring (bicyclic) bond motifs is 1. The monoisotopic (exact) mass is 271 g/mol. The summed E-state index contributed by atoms with van der Waals surface area (Å²) in [6, 6.07) is 10.3. The molecule has 20 heavy (non-hydrogen) atoms. The largest absolute Gasteiger partial charge is 0.383 e. The molecule has 0 aliphatic rings. The molecule has 0 amide bonds. The van der Waals surface area contributed by atoms with Gasteiger partial charge < -0.3 is 10.2 Å². The number of nitrogens with one attached hydrogen (secondary N) is 1. The highest BCUT2D eigenvalue weighted by Crippen LogP contribution is 2.20. The smallest absolute Gasteiger partial charge is 0.0722 e. The average molecular weight is 271 g/mol. The van der Waals surface area contributed by atoms with E-state index in [1.807, 2.05) is 12.3 Å². The second kappa shape index (κ2) is 7.85. The Morgan fingerprint density at radius 2 is 1.75 bits per heavy atom. The maximum atomic E-state index is 4.39. The maximum Gasteiger partial charge on any atom is 0.0722 e. The molecule has 0 aliphatic heterocycles. The number of hydrogen-bond donors (Lipinski definition) is 1. The molecule has 108 valence electrons. The number of para-hydroxylation sites is 1. The van der Waals surface area contributed by atoms with Crippen LogP contribution >= 0.6 is 0 Å². The summed E-state index contributed by atoms with van der Waals surface area (Å²) in [5.74, 6) is 0. The molecule has 0 atom stereocenters. The molecule has 3 nitrogen and oxygen atoms in total. The van der Waals surface area contributed by atoms with Gasteiger partial charge in [-0.2, -0.15) is 0 Å². The molecule has 1 N–H and O–H groups in total. The molecule has 0 unspecified atom stereocenters. The lowest BCUT2D eigenvalue weighted by Crippen LogP contribution is -2.30. The van der Waals surface area contributed by atoms with Crippen molar-refractivity contribution in [3.8, 4) is 0 Å². The van der Waals surface area contributed by atoms with Crippen LogP contribution in [0, 0.1) is 0 Å². The van der Waals surface area contributed by atoms with E-state index < -0.39 is 0 Å². The Bertz CT molecular complexity index is 513. The zero-order chi connectivity index (χ0) is 14.2. The van der Waals surface area contributed by atoms with E-state index in [0.29, 0.717) is 0 Å². The van der Waals surface area contributed by atoms with Crippen LogP contribution in [-0.4, -0.2) is 36.1 Å². The molecule has 0 saturated heterocycles. The Morgan fingerprint density at radius 1 is 1.00 bits per heavy atom. The molecule has 1 heterocycles. The number of anilines is 1. The van der Waals surface area contributed by atoms with Crippen LogP contribution in [0.1, 0.15) is 26.7 Å². The molecule has 0 spiro atoms. The number of hydrogen-bond acceptors (Lipinski definition) is 3. The van der Waals surface area contributed by atoms with E-state index in [9.17, 15) is 0 Å². The number of rotatable bonds is 8. The van der Waals surface area contributed by atoms with Gasteiger partial charge in [-0.15, -0.1) is 0 Å². The summed E-state index contributed by atoms with van der Waals surface area (Å²) >= 11 is 0. The molecule has 0 saturated carbocycles. The van der Waals surface area contributed by atoms with Crippen LogP contribution in [-0.2, 0) is 0 Å². The molecule has 2 aromatic rings. The van der Waals surface area contributed by atoms with E-state index in [1.165, 1.54) is 37.0 Å². The zero-order valence-electron chi connectivity index (χ0n) is 12.6. The molecule has 0 aliphatic carbocycles.